The van der Waals surface area contributed by atoms with Crippen molar-refractivity contribution in [2.45, 2.75) is 45.6 Å². The van der Waals surface area contributed by atoms with E-state index in [0.717, 1.165) is 29.9 Å². The topological polar surface area (TPSA) is 68.0 Å². The van der Waals surface area contributed by atoms with Crippen LogP contribution in [0.15, 0.2) is 60.9 Å². The van der Waals surface area contributed by atoms with Gasteiger partial charge in [-0.25, -0.2) is 4.98 Å². The Morgan fingerprint density at radius 3 is 2.55 bits per heavy atom. The van der Waals surface area contributed by atoms with Crippen LogP contribution in [-0.4, -0.2) is 30.6 Å². The van der Waals surface area contributed by atoms with Crippen LogP contribution in [0.3, 0.4) is 0 Å². The van der Waals surface area contributed by atoms with Gasteiger partial charge < -0.3 is 5.32 Å². The normalized spacial score (nSPS) is 12.4. The van der Waals surface area contributed by atoms with Gasteiger partial charge in [0.1, 0.15) is 5.82 Å². The molecule has 1 aromatic carbocycles. The number of rotatable bonds is 7. The molecule has 3 heterocycles. The Bertz CT molecular complexity index is 1070. The number of aryl methyl sites for hydroxylation is 1. The summed E-state index contributed by atoms with van der Waals surface area (Å²) in [5.41, 5.74) is 3.23. The Labute approximate surface area is 171 Å². The van der Waals surface area contributed by atoms with Crippen molar-refractivity contribution in [1.82, 2.24) is 24.6 Å². The van der Waals surface area contributed by atoms with Crippen molar-refractivity contribution in [3.63, 3.8) is 0 Å². The summed E-state index contributed by atoms with van der Waals surface area (Å²) < 4.78 is 1.80. The molecule has 0 fully saturated rings. The lowest BCUT2D eigenvalue weighted by atomic mass is 10.1. The van der Waals surface area contributed by atoms with Crippen molar-refractivity contribution in [2.24, 2.45) is 0 Å². The monoisotopic (exact) mass is 386 g/mol. The van der Waals surface area contributed by atoms with Crippen LogP contribution < -0.4 is 5.32 Å². The van der Waals surface area contributed by atoms with Gasteiger partial charge in [0.2, 0.25) is 0 Å². The second-order valence-electron chi connectivity index (χ2n) is 7.68. The number of hydrogen-bond acceptors (Lipinski definition) is 5. The average molecular weight is 387 g/mol. The highest BCUT2D eigenvalue weighted by Gasteiger charge is 2.15. The Hall–Kier alpha value is -3.28. The van der Waals surface area contributed by atoms with E-state index in [2.05, 4.69) is 72.5 Å². The first-order chi connectivity index (χ1) is 14.1. The molecule has 1 unspecified atom stereocenters. The minimum absolute atomic E-state index is 0.284. The molecule has 0 saturated carbocycles. The van der Waals surface area contributed by atoms with Gasteiger partial charge >= 0.3 is 0 Å². The number of fused-ring (bicyclic) bond motifs is 1. The lowest BCUT2D eigenvalue weighted by molar-refractivity contribution is 0.695. The van der Waals surface area contributed by atoms with Crippen LogP contribution in [0.5, 0.6) is 0 Å². The standard InChI is InChI=1S/C23H26N6/c1-16(2)20-14-21(25-17(3)11-12-18-8-5-4-6-9-18)29-23(26-20)27-22(28-29)19-10-7-13-24-15-19/h4-10,13-17,25H,11-12H2,1-3H3. The molecule has 3 aromatic heterocycles. The Morgan fingerprint density at radius 2 is 1.83 bits per heavy atom. The number of aromatic nitrogens is 5. The zero-order chi connectivity index (χ0) is 20.2. The van der Waals surface area contributed by atoms with Gasteiger partial charge in [-0.15, -0.1) is 5.10 Å². The van der Waals surface area contributed by atoms with E-state index in [1.807, 2.05) is 12.1 Å². The molecule has 1 N–H and O–H groups in total. The SMILES string of the molecule is CC(CCc1ccccc1)Nc1cc(C(C)C)nc2nc(-c3cccnc3)nn12. The number of pyridine rings is 1. The molecule has 6 heteroatoms. The highest BCUT2D eigenvalue weighted by atomic mass is 15.4. The molecular weight excluding hydrogens is 360 g/mol. The van der Waals surface area contributed by atoms with Crippen molar-refractivity contribution in [3.8, 4) is 11.4 Å². The highest BCUT2D eigenvalue weighted by Crippen LogP contribution is 2.22. The third-order valence-electron chi connectivity index (χ3n) is 4.95. The second-order valence-corrected chi connectivity index (χ2v) is 7.68. The molecule has 0 radical (unpaired) electrons. The molecule has 0 saturated heterocycles. The smallest absolute Gasteiger partial charge is 0.254 e. The van der Waals surface area contributed by atoms with Gasteiger partial charge in [-0.05, 0) is 43.4 Å². The van der Waals surface area contributed by atoms with E-state index in [-0.39, 0.29) is 6.04 Å². The summed E-state index contributed by atoms with van der Waals surface area (Å²) in [6.45, 7) is 6.48. The van der Waals surface area contributed by atoms with Gasteiger partial charge in [0.15, 0.2) is 5.82 Å². The fourth-order valence-electron chi connectivity index (χ4n) is 3.26. The number of anilines is 1. The zero-order valence-electron chi connectivity index (χ0n) is 17.1. The fraction of sp³-hybridized carbons (Fsp3) is 0.304. The number of hydrogen-bond donors (Lipinski definition) is 1. The minimum Gasteiger partial charge on any atom is -0.367 e. The Balaban J connectivity index is 1.62. The van der Waals surface area contributed by atoms with Gasteiger partial charge in [0.25, 0.3) is 5.78 Å². The summed E-state index contributed by atoms with van der Waals surface area (Å²) in [5, 5.41) is 8.32. The summed E-state index contributed by atoms with van der Waals surface area (Å²) in [6, 6.07) is 16.8. The maximum atomic E-state index is 4.71. The van der Waals surface area contributed by atoms with Gasteiger partial charge in [0.05, 0.1) is 5.69 Å². The lowest BCUT2D eigenvalue weighted by Gasteiger charge is -2.17. The molecule has 148 valence electrons. The van der Waals surface area contributed by atoms with Crippen LogP contribution in [0.2, 0.25) is 0 Å². The van der Waals surface area contributed by atoms with Crippen LogP contribution in [0.25, 0.3) is 17.2 Å². The van der Waals surface area contributed by atoms with Crippen molar-refractivity contribution >= 4 is 11.6 Å². The quantitative estimate of drug-likeness (QED) is 0.497. The van der Waals surface area contributed by atoms with Gasteiger partial charge in [0, 0.05) is 30.1 Å². The van der Waals surface area contributed by atoms with E-state index in [0.29, 0.717) is 17.5 Å². The lowest BCUT2D eigenvalue weighted by Crippen LogP contribution is -2.19. The van der Waals surface area contributed by atoms with Crippen molar-refractivity contribution < 1.29 is 0 Å². The second kappa shape index (κ2) is 8.39. The first-order valence-corrected chi connectivity index (χ1v) is 10.1. The molecule has 0 aliphatic heterocycles. The molecule has 1 atom stereocenters. The van der Waals surface area contributed by atoms with Gasteiger partial charge in [-0.3, -0.25) is 4.98 Å². The van der Waals surface area contributed by atoms with Crippen molar-refractivity contribution in [3.05, 3.63) is 72.2 Å². The van der Waals surface area contributed by atoms with Crippen molar-refractivity contribution in [2.75, 3.05) is 5.32 Å². The molecule has 4 rings (SSSR count). The van der Waals surface area contributed by atoms with Crippen LogP contribution in [0, 0.1) is 0 Å². The predicted octanol–water partition coefficient (Wildman–Crippen LogP) is 4.74. The molecule has 0 spiro atoms. The Kier molecular flexibility index (Phi) is 5.51. The van der Waals surface area contributed by atoms with E-state index < -0.39 is 0 Å². The number of nitrogens with zero attached hydrogens (tertiary/aromatic N) is 5. The van der Waals surface area contributed by atoms with E-state index in [9.17, 15) is 0 Å². The van der Waals surface area contributed by atoms with E-state index in [1.54, 1.807) is 16.9 Å². The van der Waals surface area contributed by atoms with Gasteiger partial charge in [-0.1, -0.05) is 44.2 Å². The third-order valence-corrected chi connectivity index (χ3v) is 4.95. The van der Waals surface area contributed by atoms with Crippen molar-refractivity contribution in [1.29, 1.82) is 0 Å². The van der Waals surface area contributed by atoms with E-state index >= 15 is 0 Å². The first kappa shape index (κ1) is 19.1. The largest absolute Gasteiger partial charge is 0.367 e. The molecule has 0 aliphatic carbocycles. The van der Waals surface area contributed by atoms with Crippen LogP contribution >= 0.6 is 0 Å². The summed E-state index contributed by atoms with van der Waals surface area (Å²) in [5.74, 6) is 2.46. The highest BCUT2D eigenvalue weighted by molar-refractivity contribution is 5.57. The van der Waals surface area contributed by atoms with Crippen LogP contribution in [0.4, 0.5) is 5.82 Å². The fourth-order valence-corrected chi connectivity index (χ4v) is 3.26. The average Bonchev–Trinajstić information content (AvgIpc) is 3.18. The van der Waals surface area contributed by atoms with E-state index in [1.165, 1.54) is 5.56 Å². The summed E-state index contributed by atoms with van der Waals surface area (Å²) >= 11 is 0. The molecule has 6 nitrogen and oxygen atoms in total. The molecule has 0 amide bonds. The van der Waals surface area contributed by atoms with Crippen LogP contribution in [0.1, 0.15) is 44.4 Å². The maximum absolute atomic E-state index is 4.71. The zero-order valence-corrected chi connectivity index (χ0v) is 17.1. The Morgan fingerprint density at radius 1 is 1.00 bits per heavy atom. The van der Waals surface area contributed by atoms with Gasteiger partial charge in [-0.2, -0.15) is 9.50 Å². The number of benzene rings is 1. The summed E-state index contributed by atoms with van der Waals surface area (Å²) in [4.78, 5) is 13.5. The molecule has 29 heavy (non-hydrogen) atoms. The predicted molar refractivity (Wildman–Crippen MR) is 116 cm³/mol. The summed E-state index contributed by atoms with van der Waals surface area (Å²) in [6.07, 6.45) is 5.57. The maximum Gasteiger partial charge on any atom is 0.254 e. The minimum atomic E-state index is 0.284. The molecular formula is C23H26N6. The third kappa shape index (κ3) is 4.42. The van der Waals surface area contributed by atoms with E-state index in [4.69, 9.17) is 10.1 Å². The summed E-state index contributed by atoms with van der Waals surface area (Å²) in [7, 11) is 0. The first-order valence-electron chi connectivity index (χ1n) is 10.1. The molecule has 4 aromatic rings. The molecule has 0 bridgehead atoms. The molecule has 0 aliphatic rings. The number of nitrogens with one attached hydrogen (secondary N) is 1. The van der Waals surface area contributed by atoms with Crippen LogP contribution in [-0.2, 0) is 6.42 Å².